The van der Waals surface area contributed by atoms with Gasteiger partial charge in [-0.15, -0.1) is 0 Å². The number of hydrogen-bond acceptors (Lipinski definition) is 1. The van der Waals surface area contributed by atoms with Gasteiger partial charge in [-0.05, 0) is 36.2 Å². The number of anilines is 1. The van der Waals surface area contributed by atoms with E-state index in [2.05, 4.69) is 5.32 Å². The summed E-state index contributed by atoms with van der Waals surface area (Å²) in [7, 11) is 0. The summed E-state index contributed by atoms with van der Waals surface area (Å²) in [6.45, 7) is 1.89. The van der Waals surface area contributed by atoms with E-state index in [1.165, 1.54) is 24.3 Å². The van der Waals surface area contributed by atoms with E-state index in [1.54, 1.807) is 12.1 Å². The average molecular weight is 265 g/mol. The van der Waals surface area contributed by atoms with Gasteiger partial charge in [0, 0.05) is 0 Å². The summed E-state index contributed by atoms with van der Waals surface area (Å²) in [5.74, 6) is -2.17. The highest BCUT2D eigenvalue weighted by atomic mass is 19.2. The van der Waals surface area contributed by atoms with Crippen LogP contribution in [0.4, 0.5) is 18.9 Å². The van der Waals surface area contributed by atoms with Crippen LogP contribution in [0.5, 0.6) is 0 Å². The summed E-state index contributed by atoms with van der Waals surface area (Å²) in [6.07, 6.45) is 0.624. The maximum Gasteiger partial charge on any atom is 0.181 e. The predicted octanol–water partition coefficient (Wildman–Crippen LogP) is 4.67. The van der Waals surface area contributed by atoms with E-state index >= 15 is 0 Å². The summed E-state index contributed by atoms with van der Waals surface area (Å²) in [5.41, 5.74) is 0.780. The van der Waals surface area contributed by atoms with Gasteiger partial charge in [-0.25, -0.2) is 13.2 Å². The van der Waals surface area contributed by atoms with Gasteiger partial charge in [-0.3, -0.25) is 0 Å². The van der Waals surface area contributed by atoms with Gasteiger partial charge in [0.05, 0.1) is 11.7 Å². The predicted molar refractivity (Wildman–Crippen MR) is 69.4 cm³/mol. The summed E-state index contributed by atoms with van der Waals surface area (Å²) >= 11 is 0. The molecule has 0 saturated heterocycles. The van der Waals surface area contributed by atoms with Gasteiger partial charge >= 0.3 is 0 Å². The molecule has 0 saturated carbocycles. The van der Waals surface area contributed by atoms with Crippen molar-refractivity contribution in [3.63, 3.8) is 0 Å². The summed E-state index contributed by atoms with van der Waals surface area (Å²) in [4.78, 5) is 0. The molecule has 0 spiro atoms. The molecule has 2 rings (SSSR count). The molecule has 1 unspecified atom stereocenters. The van der Waals surface area contributed by atoms with Crippen LogP contribution >= 0.6 is 0 Å². The molecule has 2 aromatic carbocycles. The Morgan fingerprint density at radius 3 is 2.47 bits per heavy atom. The molecule has 100 valence electrons. The van der Waals surface area contributed by atoms with Gasteiger partial charge < -0.3 is 5.32 Å². The van der Waals surface area contributed by atoms with Crippen molar-refractivity contribution in [2.75, 3.05) is 5.32 Å². The van der Waals surface area contributed by atoms with Crippen molar-refractivity contribution in [3.05, 3.63) is 65.5 Å². The van der Waals surface area contributed by atoms with Gasteiger partial charge in [-0.1, -0.05) is 25.1 Å². The fraction of sp³-hybridized carbons (Fsp3) is 0.200. The Kier molecular flexibility index (Phi) is 4.10. The number of nitrogens with one attached hydrogen (secondary N) is 1. The Labute approximate surface area is 110 Å². The maximum absolute atomic E-state index is 13.6. The molecule has 2 aromatic rings. The first-order valence-corrected chi connectivity index (χ1v) is 6.08. The third-order valence-electron chi connectivity index (χ3n) is 2.94. The third kappa shape index (κ3) is 3.08. The lowest BCUT2D eigenvalue weighted by molar-refractivity contribution is 0.509. The Morgan fingerprint density at radius 2 is 1.79 bits per heavy atom. The minimum Gasteiger partial charge on any atom is -0.376 e. The van der Waals surface area contributed by atoms with Crippen molar-refractivity contribution in [3.8, 4) is 0 Å². The minimum absolute atomic E-state index is 0.0797. The number of hydrogen-bond donors (Lipinski definition) is 1. The van der Waals surface area contributed by atoms with Crippen molar-refractivity contribution in [1.29, 1.82) is 0 Å². The summed E-state index contributed by atoms with van der Waals surface area (Å²) in [6, 6.07) is 9.76. The maximum atomic E-state index is 13.6. The molecule has 0 radical (unpaired) electrons. The molecule has 0 bridgehead atoms. The second-order valence-electron chi connectivity index (χ2n) is 4.26. The minimum atomic E-state index is -0.919. The quantitative estimate of drug-likeness (QED) is 0.847. The van der Waals surface area contributed by atoms with Crippen LogP contribution in [-0.4, -0.2) is 0 Å². The standard InChI is InChI=1S/C15H14F3N/c1-2-13(10-5-3-6-11(16)9-10)19-14-8-4-7-12(17)15(14)18/h3-9,13,19H,2H2,1H3. The van der Waals surface area contributed by atoms with Crippen molar-refractivity contribution in [2.24, 2.45) is 0 Å². The lowest BCUT2D eigenvalue weighted by atomic mass is 10.0. The zero-order chi connectivity index (χ0) is 13.8. The first-order chi connectivity index (χ1) is 9.11. The molecule has 1 N–H and O–H groups in total. The topological polar surface area (TPSA) is 12.0 Å². The Bertz CT molecular complexity index is 569. The van der Waals surface area contributed by atoms with E-state index < -0.39 is 11.6 Å². The third-order valence-corrected chi connectivity index (χ3v) is 2.94. The van der Waals surface area contributed by atoms with Crippen LogP contribution in [-0.2, 0) is 0 Å². The summed E-state index contributed by atoms with van der Waals surface area (Å²) in [5, 5.41) is 2.90. The fourth-order valence-electron chi connectivity index (χ4n) is 1.95. The zero-order valence-electron chi connectivity index (χ0n) is 10.5. The highest BCUT2D eigenvalue weighted by Gasteiger charge is 2.14. The average Bonchev–Trinajstić information content (AvgIpc) is 2.40. The van der Waals surface area contributed by atoms with Crippen LogP contribution < -0.4 is 5.32 Å². The van der Waals surface area contributed by atoms with Crippen LogP contribution in [0.1, 0.15) is 24.9 Å². The molecule has 19 heavy (non-hydrogen) atoms. The van der Waals surface area contributed by atoms with E-state index in [4.69, 9.17) is 0 Å². The van der Waals surface area contributed by atoms with Crippen LogP contribution in [0, 0.1) is 17.5 Å². The van der Waals surface area contributed by atoms with E-state index in [0.29, 0.717) is 12.0 Å². The molecule has 0 fully saturated rings. The second kappa shape index (κ2) is 5.78. The van der Waals surface area contributed by atoms with Crippen LogP contribution in [0.2, 0.25) is 0 Å². The molecule has 0 aliphatic heterocycles. The van der Waals surface area contributed by atoms with Gasteiger partial charge in [0.15, 0.2) is 11.6 Å². The van der Waals surface area contributed by atoms with E-state index in [-0.39, 0.29) is 17.5 Å². The zero-order valence-corrected chi connectivity index (χ0v) is 10.5. The number of halogens is 3. The molecule has 0 heterocycles. The van der Waals surface area contributed by atoms with Gasteiger partial charge in [0.2, 0.25) is 0 Å². The van der Waals surface area contributed by atoms with Gasteiger partial charge in [0.1, 0.15) is 5.82 Å². The Balaban J connectivity index is 2.26. The highest BCUT2D eigenvalue weighted by molar-refractivity contribution is 5.47. The molecular weight excluding hydrogens is 251 g/mol. The van der Waals surface area contributed by atoms with Gasteiger partial charge in [-0.2, -0.15) is 0 Å². The van der Waals surface area contributed by atoms with Gasteiger partial charge in [0.25, 0.3) is 0 Å². The largest absolute Gasteiger partial charge is 0.376 e. The lowest BCUT2D eigenvalue weighted by Gasteiger charge is -2.19. The Morgan fingerprint density at radius 1 is 1.05 bits per heavy atom. The summed E-state index contributed by atoms with van der Waals surface area (Å²) < 4.78 is 39.9. The van der Waals surface area contributed by atoms with E-state index in [9.17, 15) is 13.2 Å². The Hall–Kier alpha value is -1.97. The molecule has 1 nitrogen and oxygen atoms in total. The molecule has 0 aromatic heterocycles. The molecule has 0 aliphatic carbocycles. The fourth-order valence-corrected chi connectivity index (χ4v) is 1.95. The van der Waals surface area contributed by atoms with Crippen LogP contribution in [0.15, 0.2) is 42.5 Å². The van der Waals surface area contributed by atoms with E-state index in [1.807, 2.05) is 6.92 Å². The SMILES string of the molecule is CCC(Nc1cccc(F)c1F)c1cccc(F)c1. The molecule has 0 aliphatic rings. The smallest absolute Gasteiger partial charge is 0.181 e. The monoisotopic (exact) mass is 265 g/mol. The molecule has 4 heteroatoms. The molecule has 0 amide bonds. The second-order valence-corrected chi connectivity index (χ2v) is 4.26. The lowest BCUT2D eigenvalue weighted by Crippen LogP contribution is -2.11. The highest BCUT2D eigenvalue weighted by Crippen LogP contribution is 2.25. The molecular formula is C15H14F3N. The van der Waals surface area contributed by atoms with Crippen molar-refractivity contribution in [2.45, 2.75) is 19.4 Å². The van der Waals surface area contributed by atoms with Crippen LogP contribution in [0.3, 0.4) is 0 Å². The number of rotatable bonds is 4. The van der Waals surface area contributed by atoms with Crippen molar-refractivity contribution in [1.82, 2.24) is 0 Å². The van der Waals surface area contributed by atoms with Crippen molar-refractivity contribution >= 4 is 5.69 Å². The first kappa shape index (κ1) is 13.5. The van der Waals surface area contributed by atoms with E-state index in [0.717, 1.165) is 6.07 Å². The normalized spacial score (nSPS) is 12.2. The van der Waals surface area contributed by atoms with Crippen LogP contribution in [0.25, 0.3) is 0 Å². The van der Waals surface area contributed by atoms with Crippen molar-refractivity contribution < 1.29 is 13.2 Å². The number of benzene rings is 2. The first-order valence-electron chi connectivity index (χ1n) is 6.08. The molecule has 1 atom stereocenters.